The predicted molar refractivity (Wildman–Crippen MR) is 48.3 cm³/mol. The fourth-order valence-corrected chi connectivity index (χ4v) is 1.48. The van der Waals surface area contributed by atoms with Gasteiger partial charge in [0.05, 0.1) is 13.7 Å². The molecular formula is C8H16N2O4. The van der Waals surface area contributed by atoms with Crippen LogP contribution in [0.3, 0.4) is 0 Å². The first-order valence-corrected chi connectivity index (χ1v) is 4.63. The zero-order valence-corrected chi connectivity index (χ0v) is 8.23. The van der Waals surface area contributed by atoms with Gasteiger partial charge < -0.3 is 4.74 Å². The molecule has 1 aliphatic rings. The molecule has 0 amide bonds. The summed E-state index contributed by atoms with van der Waals surface area (Å²) in [6, 6.07) is -0.271. The zero-order chi connectivity index (χ0) is 10.4. The van der Waals surface area contributed by atoms with E-state index in [0.717, 1.165) is 19.4 Å². The fraction of sp³-hybridized carbons (Fsp3) is 0.875. The third-order valence-corrected chi connectivity index (χ3v) is 2.20. The highest BCUT2D eigenvalue weighted by Crippen LogP contribution is 2.07. The minimum atomic E-state index is -0.271. The Kier molecular flexibility index (Phi) is 4.81. The molecule has 6 nitrogen and oxygen atoms in total. The molecule has 0 aromatic rings. The first-order valence-electron chi connectivity index (χ1n) is 4.63. The number of methoxy groups -OCH3 is 1. The van der Waals surface area contributed by atoms with E-state index in [-0.39, 0.29) is 18.6 Å². The Morgan fingerprint density at radius 1 is 1.71 bits per heavy atom. The maximum absolute atomic E-state index is 11.2. The van der Waals surface area contributed by atoms with Gasteiger partial charge in [-0.3, -0.25) is 10.1 Å². The first-order chi connectivity index (χ1) is 6.77. The number of ether oxygens (including phenoxy) is 1. The summed E-state index contributed by atoms with van der Waals surface area (Å²) in [7, 11) is 1.37. The SMILES string of the molecule is COC(=O)C1CCCN(CCOO)N1. The molecule has 1 saturated heterocycles. The quantitative estimate of drug-likeness (QED) is 0.369. The molecule has 0 bridgehead atoms. The molecule has 1 heterocycles. The van der Waals surface area contributed by atoms with Crippen molar-refractivity contribution in [3.8, 4) is 0 Å². The molecule has 2 N–H and O–H groups in total. The maximum atomic E-state index is 11.2. The number of nitrogens with one attached hydrogen (secondary N) is 1. The summed E-state index contributed by atoms with van der Waals surface area (Å²) in [5, 5.41) is 10.0. The van der Waals surface area contributed by atoms with Crippen LogP contribution in [0.5, 0.6) is 0 Å². The van der Waals surface area contributed by atoms with E-state index in [1.807, 2.05) is 5.01 Å². The first kappa shape index (κ1) is 11.4. The Morgan fingerprint density at radius 2 is 2.50 bits per heavy atom. The Bertz CT molecular complexity index is 188. The summed E-state index contributed by atoms with van der Waals surface area (Å²) in [5.74, 6) is -0.250. The van der Waals surface area contributed by atoms with Crippen molar-refractivity contribution in [1.82, 2.24) is 10.4 Å². The van der Waals surface area contributed by atoms with Crippen molar-refractivity contribution in [1.29, 1.82) is 0 Å². The molecule has 0 aromatic carbocycles. The number of hydrogen-bond donors (Lipinski definition) is 2. The Labute approximate surface area is 82.7 Å². The Hall–Kier alpha value is -0.690. The molecule has 1 fully saturated rings. The van der Waals surface area contributed by atoms with Gasteiger partial charge in [0.2, 0.25) is 0 Å². The van der Waals surface area contributed by atoms with E-state index in [4.69, 9.17) is 5.26 Å². The topological polar surface area (TPSA) is 71.0 Å². The average molecular weight is 204 g/mol. The number of carbonyl (C=O) groups excluding carboxylic acids is 1. The second-order valence-electron chi connectivity index (χ2n) is 3.17. The lowest BCUT2D eigenvalue weighted by Crippen LogP contribution is -2.53. The molecule has 6 heteroatoms. The summed E-state index contributed by atoms with van der Waals surface area (Å²) in [4.78, 5) is 15.2. The molecule has 1 atom stereocenters. The third-order valence-electron chi connectivity index (χ3n) is 2.20. The van der Waals surface area contributed by atoms with Crippen LogP contribution in [-0.2, 0) is 14.4 Å². The second-order valence-corrected chi connectivity index (χ2v) is 3.17. The number of hydrazine groups is 1. The van der Waals surface area contributed by atoms with Gasteiger partial charge in [-0.15, -0.1) is 0 Å². The van der Waals surface area contributed by atoms with Crippen LogP contribution in [0.25, 0.3) is 0 Å². The maximum Gasteiger partial charge on any atom is 0.324 e. The number of esters is 1. The van der Waals surface area contributed by atoms with Gasteiger partial charge in [-0.05, 0) is 12.8 Å². The summed E-state index contributed by atoms with van der Waals surface area (Å²) < 4.78 is 4.63. The molecule has 82 valence electrons. The van der Waals surface area contributed by atoms with Crippen molar-refractivity contribution in [3.05, 3.63) is 0 Å². The normalized spacial score (nSPS) is 23.4. The summed E-state index contributed by atoms with van der Waals surface area (Å²) in [6.45, 7) is 1.61. The molecular weight excluding hydrogens is 188 g/mol. The van der Waals surface area contributed by atoms with Gasteiger partial charge in [-0.1, -0.05) is 0 Å². The number of hydrogen-bond acceptors (Lipinski definition) is 6. The van der Waals surface area contributed by atoms with Crippen LogP contribution in [0.4, 0.5) is 0 Å². The Morgan fingerprint density at radius 3 is 3.14 bits per heavy atom. The molecule has 1 unspecified atom stereocenters. The van der Waals surface area contributed by atoms with Crippen LogP contribution < -0.4 is 5.43 Å². The minimum Gasteiger partial charge on any atom is -0.468 e. The standard InChI is InChI=1S/C8H16N2O4/c1-13-8(11)7-3-2-4-10(9-7)5-6-14-12/h7,9,12H,2-6H2,1H3. The van der Waals surface area contributed by atoms with E-state index in [9.17, 15) is 4.79 Å². The van der Waals surface area contributed by atoms with E-state index in [1.54, 1.807) is 0 Å². The van der Waals surface area contributed by atoms with E-state index in [0.29, 0.717) is 6.54 Å². The molecule has 0 aromatic heterocycles. The minimum absolute atomic E-state index is 0.223. The number of nitrogens with zero attached hydrogens (tertiary/aromatic N) is 1. The highest BCUT2D eigenvalue weighted by Gasteiger charge is 2.25. The molecule has 0 radical (unpaired) electrons. The van der Waals surface area contributed by atoms with E-state index >= 15 is 0 Å². The van der Waals surface area contributed by atoms with Gasteiger partial charge in [0.25, 0.3) is 0 Å². The van der Waals surface area contributed by atoms with Crippen molar-refractivity contribution < 1.29 is 19.7 Å². The van der Waals surface area contributed by atoms with Gasteiger partial charge in [-0.2, -0.15) is 0 Å². The molecule has 1 aliphatic heterocycles. The van der Waals surface area contributed by atoms with Crippen LogP contribution in [0.2, 0.25) is 0 Å². The Balaban J connectivity index is 2.31. The van der Waals surface area contributed by atoms with Gasteiger partial charge in [0.15, 0.2) is 0 Å². The van der Waals surface area contributed by atoms with E-state index < -0.39 is 0 Å². The highest BCUT2D eigenvalue weighted by molar-refractivity contribution is 5.75. The van der Waals surface area contributed by atoms with Crippen LogP contribution in [-0.4, -0.2) is 49.1 Å². The van der Waals surface area contributed by atoms with Gasteiger partial charge in [0, 0.05) is 13.1 Å². The second kappa shape index (κ2) is 5.92. The lowest BCUT2D eigenvalue weighted by Gasteiger charge is -2.31. The lowest BCUT2D eigenvalue weighted by atomic mass is 10.1. The van der Waals surface area contributed by atoms with Crippen molar-refractivity contribution >= 4 is 5.97 Å². The molecule has 1 rings (SSSR count). The van der Waals surface area contributed by atoms with Crippen molar-refractivity contribution in [2.45, 2.75) is 18.9 Å². The van der Waals surface area contributed by atoms with E-state index in [2.05, 4.69) is 15.1 Å². The molecule has 0 spiro atoms. The molecule has 0 saturated carbocycles. The summed E-state index contributed by atoms with van der Waals surface area (Å²) >= 11 is 0. The summed E-state index contributed by atoms with van der Waals surface area (Å²) in [6.07, 6.45) is 1.71. The average Bonchev–Trinajstić information content (AvgIpc) is 2.25. The monoisotopic (exact) mass is 204 g/mol. The predicted octanol–water partition coefficient (Wildman–Crippen LogP) is -0.382. The largest absolute Gasteiger partial charge is 0.468 e. The smallest absolute Gasteiger partial charge is 0.324 e. The zero-order valence-electron chi connectivity index (χ0n) is 8.23. The molecule has 14 heavy (non-hydrogen) atoms. The van der Waals surface area contributed by atoms with Gasteiger partial charge >= 0.3 is 5.97 Å². The van der Waals surface area contributed by atoms with Crippen LogP contribution in [0.1, 0.15) is 12.8 Å². The van der Waals surface area contributed by atoms with Crippen LogP contribution in [0, 0.1) is 0 Å². The summed E-state index contributed by atoms with van der Waals surface area (Å²) in [5.41, 5.74) is 3.01. The van der Waals surface area contributed by atoms with Crippen LogP contribution in [0.15, 0.2) is 0 Å². The number of rotatable bonds is 4. The van der Waals surface area contributed by atoms with Gasteiger partial charge in [0.1, 0.15) is 6.04 Å². The van der Waals surface area contributed by atoms with Crippen molar-refractivity contribution in [2.24, 2.45) is 0 Å². The molecule has 0 aliphatic carbocycles. The highest BCUT2D eigenvalue weighted by atomic mass is 17.1. The fourth-order valence-electron chi connectivity index (χ4n) is 1.48. The number of carbonyl (C=O) groups is 1. The van der Waals surface area contributed by atoms with Crippen LogP contribution >= 0.6 is 0 Å². The van der Waals surface area contributed by atoms with E-state index in [1.165, 1.54) is 7.11 Å². The van der Waals surface area contributed by atoms with Crippen molar-refractivity contribution in [2.75, 3.05) is 26.8 Å². The third kappa shape index (κ3) is 3.22. The van der Waals surface area contributed by atoms with Gasteiger partial charge in [-0.25, -0.2) is 15.3 Å². The van der Waals surface area contributed by atoms with Crippen molar-refractivity contribution in [3.63, 3.8) is 0 Å². The lowest BCUT2D eigenvalue weighted by molar-refractivity contribution is -0.245.